The standard InChI is InChI=1S/C22H28N2O2S/c1-14-7-8-19(16(3)9-14)27-13-21(26)24(6)12-20(25)23-22-17(4)10-15(2)11-18(22)5/h7-11H,12-13H2,1-6H3,(H,23,25). The lowest BCUT2D eigenvalue weighted by atomic mass is 10.1. The average molecular weight is 385 g/mol. The second-order valence-corrected chi connectivity index (χ2v) is 8.15. The number of aryl methyl sites for hydroxylation is 5. The van der Waals surface area contributed by atoms with Crippen LogP contribution in [0.1, 0.15) is 27.8 Å². The summed E-state index contributed by atoms with van der Waals surface area (Å²) in [6.07, 6.45) is 0. The van der Waals surface area contributed by atoms with Gasteiger partial charge in [0.05, 0.1) is 12.3 Å². The smallest absolute Gasteiger partial charge is 0.243 e. The molecule has 0 aliphatic rings. The third-order valence-corrected chi connectivity index (χ3v) is 5.59. The van der Waals surface area contributed by atoms with E-state index < -0.39 is 0 Å². The third kappa shape index (κ3) is 5.86. The molecule has 2 aromatic rings. The molecule has 0 unspecified atom stereocenters. The van der Waals surface area contributed by atoms with Crippen molar-refractivity contribution < 1.29 is 9.59 Å². The molecule has 0 saturated heterocycles. The molecule has 0 saturated carbocycles. The highest BCUT2D eigenvalue weighted by Crippen LogP contribution is 2.24. The largest absolute Gasteiger partial charge is 0.336 e. The molecule has 27 heavy (non-hydrogen) atoms. The Morgan fingerprint density at radius 2 is 1.52 bits per heavy atom. The lowest BCUT2D eigenvalue weighted by Crippen LogP contribution is -2.36. The second kappa shape index (κ2) is 9.09. The minimum atomic E-state index is -0.183. The van der Waals surface area contributed by atoms with Crippen LogP contribution in [0, 0.1) is 34.6 Å². The van der Waals surface area contributed by atoms with Gasteiger partial charge < -0.3 is 10.2 Å². The monoisotopic (exact) mass is 384 g/mol. The van der Waals surface area contributed by atoms with E-state index in [1.165, 1.54) is 33.4 Å². The Labute approximate surface area is 166 Å². The summed E-state index contributed by atoms with van der Waals surface area (Å²) in [5, 5.41) is 2.94. The number of rotatable bonds is 6. The maximum absolute atomic E-state index is 12.4. The third-order valence-electron chi connectivity index (χ3n) is 4.43. The molecule has 0 aliphatic carbocycles. The number of thioether (sulfide) groups is 1. The summed E-state index contributed by atoms with van der Waals surface area (Å²) in [5.41, 5.74) is 6.42. The van der Waals surface area contributed by atoms with Crippen LogP contribution in [0.4, 0.5) is 5.69 Å². The Morgan fingerprint density at radius 1 is 0.926 bits per heavy atom. The van der Waals surface area contributed by atoms with Crippen LogP contribution in [0.2, 0.25) is 0 Å². The topological polar surface area (TPSA) is 49.4 Å². The Bertz CT molecular complexity index is 838. The number of anilines is 1. The van der Waals surface area contributed by atoms with Gasteiger partial charge in [0, 0.05) is 17.6 Å². The first-order chi connectivity index (χ1) is 12.7. The molecule has 0 spiro atoms. The molecule has 0 aliphatic heterocycles. The van der Waals surface area contributed by atoms with Gasteiger partial charge in [0.2, 0.25) is 11.8 Å². The molecule has 1 N–H and O–H groups in total. The molecule has 0 atom stereocenters. The zero-order valence-electron chi connectivity index (χ0n) is 17.0. The van der Waals surface area contributed by atoms with Crippen LogP contribution in [0.25, 0.3) is 0 Å². The van der Waals surface area contributed by atoms with Gasteiger partial charge in [-0.1, -0.05) is 35.4 Å². The fourth-order valence-corrected chi connectivity index (χ4v) is 4.02. The molecule has 0 radical (unpaired) electrons. The summed E-state index contributed by atoms with van der Waals surface area (Å²) in [6.45, 7) is 10.1. The van der Waals surface area contributed by atoms with Gasteiger partial charge in [-0.15, -0.1) is 11.8 Å². The molecule has 2 rings (SSSR count). The number of hydrogen-bond acceptors (Lipinski definition) is 3. The second-order valence-electron chi connectivity index (χ2n) is 7.13. The normalized spacial score (nSPS) is 10.6. The van der Waals surface area contributed by atoms with E-state index in [2.05, 4.69) is 18.3 Å². The van der Waals surface area contributed by atoms with E-state index in [9.17, 15) is 9.59 Å². The van der Waals surface area contributed by atoms with Crippen molar-refractivity contribution in [3.05, 3.63) is 58.1 Å². The van der Waals surface area contributed by atoms with Crippen LogP contribution in [-0.2, 0) is 9.59 Å². The summed E-state index contributed by atoms with van der Waals surface area (Å²) in [4.78, 5) is 27.3. The zero-order valence-corrected chi connectivity index (χ0v) is 17.8. The fourth-order valence-electron chi connectivity index (χ4n) is 3.07. The minimum absolute atomic E-state index is 0.0407. The van der Waals surface area contributed by atoms with Crippen LogP contribution in [0.3, 0.4) is 0 Å². The van der Waals surface area contributed by atoms with Crippen LogP contribution in [0.15, 0.2) is 35.2 Å². The summed E-state index contributed by atoms with van der Waals surface area (Å²) >= 11 is 1.51. The number of amides is 2. The molecule has 0 fully saturated rings. The highest BCUT2D eigenvalue weighted by Gasteiger charge is 2.15. The Kier molecular flexibility index (Phi) is 7.08. The molecule has 144 valence electrons. The van der Waals surface area contributed by atoms with Crippen LogP contribution in [-0.4, -0.2) is 36.1 Å². The van der Waals surface area contributed by atoms with E-state index in [1.807, 2.05) is 52.0 Å². The Hall–Kier alpha value is -2.27. The van der Waals surface area contributed by atoms with E-state index in [4.69, 9.17) is 0 Å². The minimum Gasteiger partial charge on any atom is -0.336 e. The number of hydrogen-bond donors (Lipinski definition) is 1. The van der Waals surface area contributed by atoms with Crippen LogP contribution in [0.5, 0.6) is 0 Å². The van der Waals surface area contributed by atoms with E-state index in [0.717, 1.165) is 21.7 Å². The molecule has 5 heteroatoms. The number of carbonyl (C=O) groups excluding carboxylic acids is 2. The molecule has 0 bridgehead atoms. The maximum atomic E-state index is 12.4. The fraction of sp³-hybridized carbons (Fsp3) is 0.364. The number of carbonyl (C=O) groups is 2. The summed E-state index contributed by atoms with van der Waals surface area (Å²) in [7, 11) is 1.67. The predicted octanol–water partition coefficient (Wildman–Crippen LogP) is 4.42. The van der Waals surface area contributed by atoms with Gasteiger partial charge in [0.15, 0.2) is 0 Å². The van der Waals surface area contributed by atoms with Gasteiger partial charge in [0.25, 0.3) is 0 Å². The molecular weight excluding hydrogens is 356 g/mol. The quantitative estimate of drug-likeness (QED) is 0.750. The summed E-state index contributed by atoms with van der Waals surface area (Å²) < 4.78 is 0. The predicted molar refractivity (Wildman–Crippen MR) is 114 cm³/mol. The highest BCUT2D eigenvalue weighted by molar-refractivity contribution is 8.00. The van der Waals surface area contributed by atoms with Crippen molar-refractivity contribution >= 4 is 29.3 Å². The van der Waals surface area contributed by atoms with E-state index >= 15 is 0 Å². The molecule has 0 heterocycles. The SMILES string of the molecule is Cc1ccc(SCC(=O)N(C)CC(=O)Nc2c(C)cc(C)cc2C)c(C)c1. The zero-order chi connectivity index (χ0) is 20.1. The maximum Gasteiger partial charge on any atom is 0.243 e. The molecule has 0 aromatic heterocycles. The number of benzene rings is 2. The number of nitrogens with zero attached hydrogens (tertiary/aromatic N) is 1. The van der Waals surface area contributed by atoms with Crippen molar-refractivity contribution in [2.24, 2.45) is 0 Å². The van der Waals surface area contributed by atoms with Gasteiger partial charge in [-0.3, -0.25) is 9.59 Å². The van der Waals surface area contributed by atoms with Crippen molar-refractivity contribution in [1.29, 1.82) is 0 Å². The van der Waals surface area contributed by atoms with Crippen molar-refractivity contribution in [3.8, 4) is 0 Å². The van der Waals surface area contributed by atoms with E-state index in [1.54, 1.807) is 7.05 Å². The van der Waals surface area contributed by atoms with Gasteiger partial charge in [-0.2, -0.15) is 0 Å². The molecule has 4 nitrogen and oxygen atoms in total. The van der Waals surface area contributed by atoms with Crippen molar-refractivity contribution in [2.45, 2.75) is 39.5 Å². The highest BCUT2D eigenvalue weighted by atomic mass is 32.2. The van der Waals surface area contributed by atoms with Crippen LogP contribution < -0.4 is 5.32 Å². The first-order valence-corrected chi connectivity index (χ1v) is 9.97. The lowest BCUT2D eigenvalue weighted by Gasteiger charge is -2.18. The Balaban J connectivity index is 1.91. The number of nitrogens with one attached hydrogen (secondary N) is 1. The molecule has 2 amide bonds. The van der Waals surface area contributed by atoms with Crippen molar-refractivity contribution in [2.75, 3.05) is 24.7 Å². The number of likely N-dealkylation sites (N-methyl/N-ethyl adjacent to an activating group) is 1. The first kappa shape index (κ1) is 21.0. The summed E-state index contributed by atoms with van der Waals surface area (Å²) in [5.74, 6) is 0.0703. The first-order valence-electron chi connectivity index (χ1n) is 8.99. The molecule has 2 aromatic carbocycles. The van der Waals surface area contributed by atoms with Gasteiger partial charge in [-0.25, -0.2) is 0 Å². The average Bonchev–Trinajstić information content (AvgIpc) is 2.57. The van der Waals surface area contributed by atoms with E-state index in [-0.39, 0.29) is 18.4 Å². The molecular formula is C22H28N2O2S. The van der Waals surface area contributed by atoms with Crippen LogP contribution >= 0.6 is 11.8 Å². The summed E-state index contributed by atoms with van der Waals surface area (Å²) in [6, 6.07) is 10.3. The van der Waals surface area contributed by atoms with Gasteiger partial charge >= 0.3 is 0 Å². The van der Waals surface area contributed by atoms with Crippen molar-refractivity contribution in [3.63, 3.8) is 0 Å². The lowest BCUT2D eigenvalue weighted by molar-refractivity contribution is -0.131. The van der Waals surface area contributed by atoms with E-state index in [0.29, 0.717) is 5.75 Å². The van der Waals surface area contributed by atoms with Gasteiger partial charge in [-0.05, 0) is 57.4 Å². The van der Waals surface area contributed by atoms with Gasteiger partial charge in [0.1, 0.15) is 0 Å². The Morgan fingerprint density at radius 3 is 2.11 bits per heavy atom. The van der Waals surface area contributed by atoms with Crippen molar-refractivity contribution in [1.82, 2.24) is 4.90 Å².